The molecule has 3 aromatic rings. The van der Waals surface area contributed by atoms with Crippen molar-refractivity contribution in [2.45, 2.75) is 19.6 Å². The molecule has 0 fully saturated rings. The van der Waals surface area contributed by atoms with Gasteiger partial charge in [0.25, 0.3) is 0 Å². The van der Waals surface area contributed by atoms with Gasteiger partial charge in [0.05, 0.1) is 12.0 Å². The maximum Gasteiger partial charge on any atom is 0.310 e. The van der Waals surface area contributed by atoms with Crippen molar-refractivity contribution in [2.24, 2.45) is 0 Å². The number of rotatable bonds is 4. The van der Waals surface area contributed by atoms with Crippen LogP contribution in [0.15, 0.2) is 66.7 Å². The van der Waals surface area contributed by atoms with Gasteiger partial charge in [-0.2, -0.15) is 0 Å². The first-order valence-electron chi connectivity index (χ1n) is 8.88. The molecule has 0 aliphatic carbocycles. The standard InChI is InChI=1S/C23H17FO4/c24-18-8-5-15(6-9-18)13-28-22(25)12-16-7-10-21-20(11-16)23(26)19-4-2-1-3-17(19)14-27-21/h1-11H,12-14H2. The Morgan fingerprint density at radius 2 is 1.71 bits per heavy atom. The Morgan fingerprint density at radius 3 is 2.54 bits per heavy atom. The fourth-order valence-electron chi connectivity index (χ4n) is 3.12. The van der Waals surface area contributed by atoms with Crippen LogP contribution in [0.3, 0.4) is 0 Å². The number of benzene rings is 3. The van der Waals surface area contributed by atoms with E-state index in [1.165, 1.54) is 12.1 Å². The van der Waals surface area contributed by atoms with Crippen LogP contribution in [-0.4, -0.2) is 11.8 Å². The Labute approximate surface area is 161 Å². The lowest BCUT2D eigenvalue weighted by Crippen LogP contribution is -2.09. The maximum absolute atomic E-state index is 12.9. The monoisotopic (exact) mass is 376 g/mol. The molecule has 0 saturated heterocycles. The van der Waals surface area contributed by atoms with Crippen LogP contribution < -0.4 is 4.74 Å². The molecular weight excluding hydrogens is 359 g/mol. The molecule has 0 saturated carbocycles. The van der Waals surface area contributed by atoms with E-state index in [-0.39, 0.29) is 24.6 Å². The largest absolute Gasteiger partial charge is 0.488 e. The molecule has 0 unspecified atom stereocenters. The molecule has 0 bridgehead atoms. The van der Waals surface area contributed by atoms with Gasteiger partial charge in [0.15, 0.2) is 5.78 Å². The maximum atomic E-state index is 12.9. The lowest BCUT2D eigenvalue weighted by atomic mass is 9.97. The third-order valence-corrected chi connectivity index (χ3v) is 4.60. The molecule has 1 heterocycles. The van der Waals surface area contributed by atoms with Crippen molar-refractivity contribution >= 4 is 11.8 Å². The van der Waals surface area contributed by atoms with Crippen LogP contribution >= 0.6 is 0 Å². The van der Waals surface area contributed by atoms with E-state index in [9.17, 15) is 14.0 Å². The number of fused-ring (bicyclic) bond motifs is 2. The van der Waals surface area contributed by atoms with Crippen LogP contribution in [0.25, 0.3) is 0 Å². The molecule has 28 heavy (non-hydrogen) atoms. The Bertz CT molecular complexity index is 1040. The molecule has 0 amide bonds. The Kier molecular flexibility index (Phi) is 4.89. The van der Waals surface area contributed by atoms with E-state index in [1.54, 1.807) is 36.4 Å². The summed E-state index contributed by atoms with van der Waals surface area (Å²) < 4.78 is 23.9. The van der Waals surface area contributed by atoms with Gasteiger partial charge in [0, 0.05) is 11.1 Å². The molecular formula is C23H17FO4. The van der Waals surface area contributed by atoms with Gasteiger partial charge >= 0.3 is 5.97 Å². The summed E-state index contributed by atoms with van der Waals surface area (Å²) in [6, 6.07) is 18.2. The number of hydrogen-bond acceptors (Lipinski definition) is 4. The number of hydrogen-bond donors (Lipinski definition) is 0. The number of ether oxygens (including phenoxy) is 2. The van der Waals surface area contributed by atoms with E-state index >= 15 is 0 Å². The van der Waals surface area contributed by atoms with Gasteiger partial charge in [0.2, 0.25) is 0 Å². The smallest absolute Gasteiger partial charge is 0.310 e. The van der Waals surface area contributed by atoms with Gasteiger partial charge < -0.3 is 9.47 Å². The first-order chi connectivity index (χ1) is 13.6. The van der Waals surface area contributed by atoms with Gasteiger partial charge in [-0.25, -0.2) is 4.39 Å². The lowest BCUT2D eigenvalue weighted by Gasteiger charge is -2.09. The number of esters is 1. The van der Waals surface area contributed by atoms with Crippen LogP contribution in [0, 0.1) is 5.82 Å². The van der Waals surface area contributed by atoms with E-state index in [1.807, 2.05) is 18.2 Å². The first kappa shape index (κ1) is 17.9. The summed E-state index contributed by atoms with van der Waals surface area (Å²) in [7, 11) is 0. The SMILES string of the molecule is O=C(Cc1ccc2c(c1)C(=O)c1ccccc1CO2)OCc1ccc(F)cc1. The second-order valence-electron chi connectivity index (χ2n) is 6.57. The minimum absolute atomic E-state index is 0.0312. The van der Waals surface area contributed by atoms with Crippen LogP contribution in [0.2, 0.25) is 0 Å². The van der Waals surface area contributed by atoms with Crippen molar-refractivity contribution in [1.29, 1.82) is 0 Å². The van der Waals surface area contributed by atoms with Crippen molar-refractivity contribution in [3.05, 3.63) is 100 Å². The summed E-state index contributed by atoms with van der Waals surface area (Å²) in [6.45, 7) is 0.396. The third-order valence-electron chi connectivity index (χ3n) is 4.60. The van der Waals surface area contributed by atoms with Crippen molar-refractivity contribution in [1.82, 2.24) is 0 Å². The second kappa shape index (κ2) is 7.64. The molecule has 0 radical (unpaired) electrons. The van der Waals surface area contributed by atoms with Crippen molar-refractivity contribution < 1.29 is 23.5 Å². The molecule has 1 aliphatic rings. The van der Waals surface area contributed by atoms with Gasteiger partial charge in [0.1, 0.15) is 24.8 Å². The summed E-state index contributed by atoms with van der Waals surface area (Å²) in [5.41, 5.74) is 3.26. The van der Waals surface area contributed by atoms with E-state index in [0.717, 1.165) is 5.56 Å². The van der Waals surface area contributed by atoms with E-state index < -0.39 is 5.97 Å². The molecule has 0 aromatic heterocycles. The molecule has 140 valence electrons. The number of ketones is 1. The fraction of sp³-hybridized carbons (Fsp3) is 0.130. The molecule has 4 nitrogen and oxygen atoms in total. The number of carbonyl (C=O) groups is 2. The minimum atomic E-state index is -0.424. The summed E-state index contributed by atoms with van der Waals surface area (Å²) in [5.74, 6) is -0.380. The second-order valence-corrected chi connectivity index (χ2v) is 6.57. The zero-order valence-corrected chi connectivity index (χ0v) is 15.0. The topological polar surface area (TPSA) is 52.6 Å². The van der Waals surface area contributed by atoms with Crippen molar-refractivity contribution in [3.8, 4) is 5.75 Å². The van der Waals surface area contributed by atoms with Crippen LogP contribution in [-0.2, 0) is 29.2 Å². The highest BCUT2D eigenvalue weighted by Crippen LogP contribution is 2.29. The van der Waals surface area contributed by atoms with Gasteiger partial charge in [-0.1, -0.05) is 42.5 Å². The van der Waals surface area contributed by atoms with E-state index in [0.29, 0.717) is 34.6 Å². The molecule has 0 atom stereocenters. The third kappa shape index (κ3) is 3.78. The Morgan fingerprint density at radius 1 is 0.964 bits per heavy atom. The number of halogens is 1. The molecule has 0 spiro atoms. The Balaban J connectivity index is 1.48. The van der Waals surface area contributed by atoms with Crippen molar-refractivity contribution in [2.75, 3.05) is 0 Å². The molecule has 5 heteroatoms. The molecule has 4 rings (SSSR count). The highest BCUT2D eigenvalue weighted by atomic mass is 19.1. The fourth-order valence-corrected chi connectivity index (χ4v) is 3.12. The highest BCUT2D eigenvalue weighted by molar-refractivity contribution is 6.12. The van der Waals surface area contributed by atoms with E-state index in [2.05, 4.69) is 0 Å². The first-order valence-corrected chi connectivity index (χ1v) is 8.88. The van der Waals surface area contributed by atoms with Crippen molar-refractivity contribution in [3.63, 3.8) is 0 Å². The summed E-state index contributed by atoms with van der Waals surface area (Å²) in [6.07, 6.45) is 0.0312. The average molecular weight is 376 g/mol. The zero-order valence-electron chi connectivity index (χ0n) is 15.0. The lowest BCUT2D eigenvalue weighted by molar-refractivity contribution is -0.144. The van der Waals surface area contributed by atoms with Gasteiger partial charge in [-0.05, 0) is 35.4 Å². The number of carbonyl (C=O) groups excluding carboxylic acids is 2. The highest BCUT2D eigenvalue weighted by Gasteiger charge is 2.22. The average Bonchev–Trinajstić information content (AvgIpc) is 2.85. The summed E-state index contributed by atoms with van der Waals surface area (Å²) >= 11 is 0. The summed E-state index contributed by atoms with van der Waals surface area (Å²) in [4.78, 5) is 25.0. The minimum Gasteiger partial charge on any atom is -0.488 e. The van der Waals surface area contributed by atoms with Gasteiger partial charge in [-0.15, -0.1) is 0 Å². The Hall–Kier alpha value is -3.47. The molecule has 1 aliphatic heterocycles. The predicted octanol–water partition coefficient (Wildman–Crippen LogP) is 4.24. The molecule has 3 aromatic carbocycles. The van der Waals surface area contributed by atoms with Crippen LogP contribution in [0.1, 0.15) is 32.6 Å². The van der Waals surface area contributed by atoms with Crippen LogP contribution in [0.5, 0.6) is 5.75 Å². The normalized spacial score (nSPS) is 12.4. The molecule has 0 N–H and O–H groups in total. The van der Waals surface area contributed by atoms with E-state index in [4.69, 9.17) is 9.47 Å². The zero-order chi connectivity index (χ0) is 19.5. The predicted molar refractivity (Wildman–Crippen MR) is 101 cm³/mol. The summed E-state index contributed by atoms with van der Waals surface area (Å²) in [5, 5.41) is 0. The van der Waals surface area contributed by atoms with Crippen LogP contribution in [0.4, 0.5) is 4.39 Å². The quantitative estimate of drug-likeness (QED) is 0.640. The van der Waals surface area contributed by atoms with Gasteiger partial charge in [-0.3, -0.25) is 9.59 Å².